The molecule has 1 saturated heterocycles. The number of carboxylic acid groups (broad SMARTS) is 1. The molecule has 1 N–H and O–H groups in total. The number of hydrogen-bond acceptors (Lipinski definition) is 2. The van der Waals surface area contributed by atoms with Crippen LogP contribution in [0.15, 0.2) is 0 Å². The molecule has 0 radical (unpaired) electrons. The van der Waals surface area contributed by atoms with E-state index in [0.717, 1.165) is 19.6 Å². The van der Waals surface area contributed by atoms with Gasteiger partial charge >= 0.3 is 5.97 Å². The lowest BCUT2D eigenvalue weighted by atomic mass is 9.65. The molecular formula is C8H12O3. The highest BCUT2D eigenvalue weighted by Gasteiger charge is 2.45. The van der Waals surface area contributed by atoms with Crippen molar-refractivity contribution in [2.24, 2.45) is 17.8 Å². The van der Waals surface area contributed by atoms with Crippen LogP contribution in [0.2, 0.25) is 0 Å². The largest absolute Gasteiger partial charge is 0.481 e. The molecule has 1 aliphatic carbocycles. The minimum atomic E-state index is -0.666. The Morgan fingerprint density at radius 2 is 2.36 bits per heavy atom. The minimum Gasteiger partial charge on any atom is -0.481 e. The van der Waals surface area contributed by atoms with E-state index in [2.05, 4.69) is 0 Å². The zero-order valence-corrected chi connectivity index (χ0v) is 6.32. The summed E-state index contributed by atoms with van der Waals surface area (Å²) in [5.74, 6) is 0.978. The Balaban J connectivity index is 1.85. The van der Waals surface area contributed by atoms with Crippen molar-refractivity contribution in [1.82, 2.24) is 0 Å². The van der Waals surface area contributed by atoms with Gasteiger partial charge in [0.2, 0.25) is 0 Å². The predicted molar refractivity (Wildman–Crippen MR) is 38.2 cm³/mol. The van der Waals surface area contributed by atoms with E-state index in [-0.39, 0.29) is 0 Å². The Bertz CT molecular complexity index is 178. The van der Waals surface area contributed by atoms with Gasteiger partial charge in [0, 0.05) is 13.0 Å². The molecule has 1 heterocycles. The molecule has 2 fully saturated rings. The summed E-state index contributed by atoms with van der Waals surface area (Å²) in [4.78, 5) is 10.4. The molecule has 0 spiro atoms. The fourth-order valence-electron chi connectivity index (χ4n) is 2.21. The van der Waals surface area contributed by atoms with Gasteiger partial charge in [-0.05, 0) is 24.2 Å². The number of fused-ring (bicyclic) bond motifs is 1. The van der Waals surface area contributed by atoms with Gasteiger partial charge in [0.05, 0.1) is 6.61 Å². The van der Waals surface area contributed by atoms with Crippen molar-refractivity contribution in [3.05, 3.63) is 0 Å². The maximum absolute atomic E-state index is 10.4. The van der Waals surface area contributed by atoms with Crippen LogP contribution >= 0.6 is 0 Å². The monoisotopic (exact) mass is 156 g/mol. The van der Waals surface area contributed by atoms with Gasteiger partial charge in [-0.15, -0.1) is 0 Å². The lowest BCUT2D eigenvalue weighted by Gasteiger charge is -2.37. The van der Waals surface area contributed by atoms with Crippen molar-refractivity contribution in [1.29, 1.82) is 0 Å². The Morgan fingerprint density at radius 1 is 1.55 bits per heavy atom. The Morgan fingerprint density at radius 3 is 3.00 bits per heavy atom. The second-order valence-corrected chi connectivity index (χ2v) is 3.56. The maximum atomic E-state index is 10.4. The van der Waals surface area contributed by atoms with Crippen LogP contribution in [0, 0.1) is 17.8 Å². The second kappa shape index (κ2) is 2.48. The quantitative estimate of drug-likeness (QED) is 0.641. The summed E-state index contributed by atoms with van der Waals surface area (Å²) in [6, 6.07) is 0. The molecule has 62 valence electrons. The van der Waals surface area contributed by atoms with E-state index in [9.17, 15) is 4.79 Å². The van der Waals surface area contributed by atoms with Crippen LogP contribution in [0.25, 0.3) is 0 Å². The van der Waals surface area contributed by atoms with Crippen LogP contribution < -0.4 is 0 Å². The zero-order chi connectivity index (χ0) is 7.84. The zero-order valence-electron chi connectivity index (χ0n) is 6.32. The van der Waals surface area contributed by atoms with Gasteiger partial charge in [-0.1, -0.05) is 0 Å². The molecule has 3 nitrogen and oxygen atoms in total. The van der Waals surface area contributed by atoms with Gasteiger partial charge in [0.25, 0.3) is 0 Å². The number of hydrogen-bond donors (Lipinski definition) is 1. The van der Waals surface area contributed by atoms with Gasteiger partial charge < -0.3 is 9.84 Å². The summed E-state index contributed by atoms with van der Waals surface area (Å²) < 4.78 is 5.25. The van der Waals surface area contributed by atoms with E-state index in [0.29, 0.717) is 24.2 Å². The van der Waals surface area contributed by atoms with Crippen molar-refractivity contribution in [2.75, 3.05) is 13.2 Å². The molecule has 11 heavy (non-hydrogen) atoms. The minimum absolute atomic E-state index is 0.338. The summed E-state index contributed by atoms with van der Waals surface area (Å²) in [5.41, 5.74) is 0. The van der Waals surface area contributed by atoms with Crippen LogP contribution in [0.5, 0.6) is 0 Å². The molecule has 1 saturated carbocycles. The summed E-state index contributed by atoms with van der Waals surface area (Å²) in [6.45, 7) is 1.66. The third-order valence-corrected chi connectivity index (χ3v) is 2.90. The molecule has 0 aromatic carbocycles. The Labute approximate surface area is 65.4 Å². The number of ether oxygens (including phenoxy) is 1. The Kier molecular flexibility index (Phi) is 1.60. The molecule has 0 aromatic rings. The fourth-order valence-corrected chi connectivity index (χ4v) is 2.21. The van der Waals surface area contributed by atoms with Crippen molar-refractivity contribution in [2.45, 2.75) is 12.8 Å². The first kappa shape index (κ1) is 7.10. The van der Waals surface area contributed by atoms with E-state index in [1.54, 1.807) is 0 Å². The van der Waals surface area contributed by atoms with Gasteiger partial charge in [0.1, 0.15) is 0 Å². The highest BCUT2D eigenvalue weighted by atomic mass is 16.5. The second-order valence-electron chi connectivity index (χ2n) is 3.56. The topological polar surface area (TPSA) is 46.5 Å². The van der Waals surface area contributed by atoms with Gasteiger partial charge in [-0.25, -0.2) is 0 Å². The third-order valence-electron chi connectivity index (χ3n) is 2.90. The smallest absolute Gasteiger partial charge is 0.303 e. The van der Waals surface area contributed by atoms with E-state index in [1.165, 1.54) is 0 Å². The van der Waals surface area contributed by atoms with Gasteiger partial charge in [0.15, 0.2) is 0 Å². The van der Waals surface area contributed by atoms with Crippen molar-refractivity contribution in [3.63, 3.8) is 0 Å². The maximum Gasteiger partial charge on any atom is 0.303 e. The summed E-state index contributed by atoms with van der Waals surface area (Å²) in [7, 11) is 0. The van der Waals surface area contributed by atoms with Crippen LogP contribution in [0.3, 0.4) is 0 Å². The molecule has 0 bridgehead atoms. The molecule has 0 amide bonds. The van der Waals surface area contributed by atoms with Crippen LogP contribution in [0.4, 0.5) is 0 Å². The lowest BCUT2D eigenvalue weighted by molar-refractivity contribution is -0.140. The lowest BCUT2D eigenvalue weighted by Crippen LogP contribution is -2.36. The van der Waals surface area contributed by atoms with Crippen LogP contribution in [-0.2, 0) is 9.53 Å². The first-order valence-electron chi connectivity index (χ1n) is 4.07. The molecule has 2 aliphatic rings. The molecular weight excluding hydrogens is 144 g/mol. The number of aliphatic carboxylic acids is 1. The highest BCUT2D eigenvalue weighted by molar-refractivity contribution is 5.67. The van der Waals surface area contributed by atoms with E-state index >= 15 is 0 Å². The number of carboxylic acids is 1. The average Bonchev–Trinajstić information content (AvgIpc) is 2.26. The van der Waals surface area contributed by atoms with Crippen molar-refractivity contribution < 1.29 is 14.6 Å². The van der Waals surface area contributed by atoms with Crippen molar-refractivity contribution in [3.8, 4) is 0 Å². The predicted octanol–water partition coefficient (Wildman–Crippen LogP) is 0.744. The third kappa shape index (κ3) is 1.13. The molecule has 3 heteroatoms. The molecule has 1 unspecified atom stereocenters. The van der Waals surface area contributed by atoms with Gasteiger partial charge in [-0.3, -0.25) is 4.79 Å². The fraction of sp³-hybridized carbons (Fsp3) is 0.875. The summed E-state index contributed by atoms with van der Waals surface area (Å²) in [6.07, 6.45) is 1.40. The number of carbonyl (C=O) groups is 1. The summed E-state index contributed by atoms with van der Waals surface area (Å²) in [5, 5.41) is 8.53. The van der Waals surface area contributed by atoms with Crippen LogP contribution in [-0.4, -0.2) is 24.3 Å². The first-order chi connectivity index (χ1) is 5.27. The van der Waals surface area contributed by atoms with Crippen molar-refractivity contribution >= 4 is 5.97 Å². The average molecular weight is 156 g/mol. The van der Waals surface area contributed by atoms with E-state index in [1.807, 2.05) is 0 Å². The van der Waals surface area contributed by atoms with E-state index < -0.39 is 5.97 Å². The molecule has 3 atom stereocenters. The summed E-state index contributed by atoms with van der Waals surface area (Å²) >= 11 is 0. The molecule has 2 rings (SSSR count). The molecule has 1 aliphatic heterocycles. The first-order valence-corrected chi connectivity index (χ1v) is 4.07. The SMILES string of the molecule is O=C(O)CC1C[C@@H]2COC[C@H]12. The Hall–Kier alpha value is -0.570. The van der Waals surface area contributed by atoms with Gasteiger partial charge in [-0.2, -0.15) is 0 Å². The van der Waals surface area contributed by atoms with Crippen LogP contribution in [0.1, 0.15) is 12.8 Å². The number of rotatable bonds is 2. The van der Waals surface area contributed by atoms with E-state index in [4.69, 9.17) is 9.84 Å². The standard InChI is InChI=1S/C8H12O3/c9-8(10)2-5-1-6-3-11-4-7(5)6/h5-7H,1-4H2,(H,9,10)/t5?,6-,7-/m1/s1. The molecule has 0 aromatic heterocycles. The highest BCUT2D eigenvalue weighted by Crippen LogP contribution is 2.46. The normalized spacial score (nSPS) is 41.3.